The first-order valence-electron chi connectivity index (χ1n) is 3.82. The van der Waals surface area contributed by atoms with Crippen LogP contribution >= 0.6 is 0 Å². The van der Waals surface area contributed by atoms with Crippen molar-refractivity contribution in [1.82, 2.24) is 0 Å². The summed E-state index contributed by atoms with van der Waals surface area (Å²) in [5.41, 5.74) is 6.60. The third kappa shape index (κ3) is 0.942. The lowest BCUT2D eigenvalue weighted by atomic mass is 10.0. The van der Waals surface area contributed by atoms with Gasteiger partial charge in [0.05, 0.1) is 5.57 Å². The molecule has 1 heterocycles. The number of fused-ring (bicyclic) bond motifs is 1. The van der Waals surface area contributed by atoms with Gasteiger partial charge in [-0.15, -0.1) is 0 Å². The normalized spacial score (nSPS) is 20.2. The predicted octanol–water partition coefficient (Wildman–Crippen LogP) is 0.642. The number of hydrogen-bond donors (Lipinski definition) is 1. The van der Waals surface area contributed by atoms with Gasteiger partial charge in [0, 0.05) is 5.57 Å². The lowest BCUT2D eigenvalue weighted by Gasteiger charge is -2.03. The van der Waals surface area contributed by atoms with Crippen molar-refractivity contribution in [3.05, 3.63) is 35.1 Å². The molecule has 1 aliphatic carbocycles. The van der Waals surface area contributed by atoms with Gasteiger partial charge in [-0.1, -0.05) is 12.2 Å². The van der Waals surface area contributed by atoms with Crippen molar-refractivity contribution in [3.8, 4) is 0 Å². The third-order valence-electron chi connectivity index (χ3n) is 1.98. The SMILES string of the molecule is NC(=O)C1=C2C=CCC=C2OC1. The second-order valence-electron chi connectivity index (χ2n) is 2.75. The van der Waals surface area contributed by atoms with Crippen molar-refractivity contribution in [3.63, 3.8) is 0 Å². The first-order valence-corrected chi connectivity index (χ1v) is 3.82. The minimum Gasteiger partial charge on any atom is -0.488 e. The lowest BCUT2D eigenvalue weighted by molar-refractivity contribution is -0.114. The summed E-state index contributed by atoms with van der Waals surface area (Å²) >= 11 is 0. The molecule has 0 saturated carbocycles. The second kappa shape index (κ2) is 2.52. The van der Waals surface area contributed by atoms with Gasteiger partial charge in [0.1, 0.15) is 12.4 Å². The molecule has 0 radical (unpaired) electrons. The Bertz CT molecular complexity index is 323. The summed E-state index contributed by atoms with van der Waals surface area (Å²) in [6, 6.07) is 0. The summed E-state index contributed by atoms with van der Waals surface area (Å²) in [6.07, 6.45) is 6.69. The van der Waals surface area contributed by atoms with E-state index in [9.17, 15) is 4.79 Å². The fraction of sp³-hybridized carbons (Fsp3) is 0.222. The Labute approximate surface area is 70.2 Å². The Morgan fingerprint density at radius 2 is 2.42 bits per heavy atom. The molecule has 2 aliphatic rings. The number of amides is 1. The van der Waals surface area contributed by atoms with E-state index in [0.29, 0.717) is 12.2 Å². The summed E-state index contributed by atoms with van der Waals surface area (Å²) in [4.78, 5) is 10.9. The number of hydrogen-bond acceptors (Lipinski definition) is 2. The zero-order valence-corrected chi connectivity index (χ0v) is 6.54. The predicted molar refractivity (Wildman–Crippen MR) is 44.0 cm³/mol. The van der Waals surface area contributed by atoms with E-state index in [2.05, 4.69) is 0 Å². The molecule has 12 heavy (non-hydrogen) atoms. The zero-order chi connectivity index (χ0) is 8.55. The van der Waals surface area contributed by atoms with Crippen LogP contribution in [0.15, 0.2) is 35.1 Å². The molecule has 62 valence electrons. The smallest absolute Gasteiger partial charge is 0.248 e. The van der Waals surface area contributed by atoms with Crippen molar-refractivity contribution >= 4 is 5.91 Å². The van der Waals surface area contributed by atoms with Crippen molar-refractivity contribution in [2.75, 3.05) is 6.61 Å². The minimum atomic E-state index is -0.389. The molecule has 0 fully saturated rings. The molecule has 3 heteroatoms. The molecule has 2 N–H and O–H groups in total. The van der Waals surface area contributed by atoms with E-state index >= 15 is 0 Å². The Hall–Kier alpha value is -1.51. The van der Waals surface area contributed by atoms with Gasteiger partial charge >= 0.3 is 0 Å². The fourth-order valence-electron chi connectivity index (χ4n) is 1.37. The Kier molecular flexibility index (Phi) is 1.50. The van der Waals surface area contributed by atoms with E-state index in [1.54, 1.807) is 0 Å². The van der Waals surface area contributed by atoms with Gasteiger partial charge in [-0.2, -0.15) is 0 Å². The minimum absolute atomic E-state index is 0.320. The maximum atomic E-state index is 10.9. The van der Waals surface area contributed by atoms with Gasteiger partial charge in [0.15, 0.2) is 0 Å². The monoisotopic (exact) mass is 163 g/mol. The van der Waals surface area contributed by atoms with Gasteiger partial charge in [-0.25, -0.2) is 0 Å². The highest BCUT2D eigenvalue weighted by molar-refractivity contribution is 5.95. The molecule has 0 aromatic heterocycles. The molecule has 0 bridgehead atoms. The van der Waals surface area contributed by atoms with E-state index < -0.39 is 0 Å². The van der Waals surface area contributed by atoms with E-state index in [1.807, 2.05) is 18.2 Å². The molecule has 2 rings (SSSR count). The van der Waals surface area contributed by atoms with Crippen LogP contribution in [0.2, 0.25) is 0 Å². The fourth-order valence-corrected chi connectivity index (χ4v) is 1.37. The first kappa shape index (κ1) is 7.16. The molecule has 1 amide bonds. The van der Waals surface area contributed by atoms with Crippen LogP contribution in [0.1, 0.15) is 6.42 Å². The second-order valence-corrected chi connectivity index (χ2v) is 2.75. The average Bonchev–Trinajstić information content (AvgIpc) is 2.47. The topological polar surface area (TPSA) is 52.3 Å². The summed E-state index contributed by atoms with van der Waals surface area (Å²) < 4.78 is 5.27. The molecular weight excluding hydrogens is 154 g/mol. The lowest BCUT2D eigenvalue weighted by Crippen LogP contribution is -2.15. The van der Waals surface area contributed by atoms with E-state index in [1.165, 1.54) is 0 Å². The number of rotatable bonds is 1. The maximum absolute atomic E-state index is 10.9. The van der Waals surface area contributed by atoms with Crippen LogP contribution in [0.5, 0.6) is 0 Å². The number of carbonyl (C=O) groups is 1. The quantitative estimate of drug-likeness (QED) is 0.616. The van der Waals surface area contributed by atoms with Crippen molar-refractivity contribution in [1.29, 1.82) is 0 Å². The number of ether oxygens (including phenoxy) is 1. The van der Waals surface area contributed by atoms with Crippen LogP contribution in [0.3, 0.4) is 0 Å². The number of primary amides is 1. The van der Waals surface area contributed by atoms with E-state index in [4.69, 9.17) is 10.5 Å². The Morgan fingerprint density at radius 3 is 3.17 bits per heavy atom. The van der Waals surface area contributed by atoms with E-state index in [0.717, 1.165) is 17.8 Å². The molecule has 0 atom stereocenters. The van der Waals surface area contributed by atoms with Gasteiger partial charge in [0.25, 0.3) is 0 Å². The molecule has 0 aromatic rings. The molecule has 0 saturated heterocycles. The standard InChI is InChI=1S/C9H9NO2/c10-9(11)7-5-12-8-4-2-1-3-6(7)8/h1,3-4H,2,5H2,(H2,10,11). The molecular formula is C9H9NO2. The van der Waals surface area contributed by atoms with Gasteiger partial charge in [-0.3, -0.25) is 4.79 Å². The average molecular weight is 163 g/mol. The van der Waals surface area contributed by atoms with Crippen molar-refractivity contribution in [2.24, 2.45) is 5.73 Å². The van der Waals surface area contributed by atoms with Crippen LogP contribution in [-0.4, -0.2) is 12.5 Å². The number of carbonyl (C=O) groups excluding carboxylic acids is 1. The zero-order valence-electron chi connectivity index (χ0n) is 6.54. The highest BCUT2D eigenvalue weighted by atomic mass is 16.5. The Morgan fingerprint density at radius 1 is 1.58 bits per heavy atom. The van der Waals surface area contributed by atoms with Crippen molar-refractivity contribution < 1.29 is 9.53 Å². The van der Waals surface area contributed by atoms with Crippen LogP contribution in [-0.2, 0) is 9.53 Å². The van der Waals surface area contributed by atoms with Gasteiger partial charge in [-0.05, 0) is 12.5 Å². The van der Waals surface area contributed by atoms with Crippen LogP contribution < -0.4 is 5.73 Å². The highest BCUT2D eigenvalue weighted by Crippen LogP contribution is 2.28. The number of allylic oxidation sites excluding steroid dienone is 3. The number of nitrogens with two attached hydrogens (primary N) is 1. The van der Waals surface area contributed by atoms with Crippen LogP contribution in [0.4, 0.5) is 0 Å². The third-order valence-corrected chi connectivity index (χ3v) is 1.98. The molecule has 3 nitrogen and oxygen atoms in total. The van der Waals surface area contributed by atoms with E-state index in [-0.39, 0.29) is 5.91 Å². The Balaban J connectivity index is 2.45. The maximum Gasteiger partial charge on any atom is 0.248 e. The summed E-state index contributed by atoms with van der Waals surface area (Å²) in [6.45, 7) is 0.320. The summed E-state index contributed by atoms with van der Waals surface area (Å²) in [7, 11) is 0. The van der Waals surface area contributed by atoms with Crippen molar-refractivity contribution in [2.45, 2.75) is 6.42 Å². The summed E-state index contributed by atoms with van der Waals surface area (Å²) in [5, 5.41) is 0. The molecule has 0 unspecified atom stereocenters. The molecule has 1 aliphatic heterocycles. The first-order chi connectivity index (χ1) is 5.79. The van der Waals surface area contributed by atoms with Crippen LogP contribution in [0.25, 0.3) is 0 Å². The largest absolute Gasteiger partial charge is 0.488 e. The van der Waals surface area contributed by atoms with Gasteiger partial charge in [0.2, 0.25) is 5.91 Å². The summed E-state index contributed by atoms with van der Waals surface area (Å²) in [5.74, 6) is 0.409. The van der Waals surface area contributed by atoms with Gasteiger partial charge < -0.3 is 10.5 Å². The molecule has 0 aromatic carbocycles. The van der Waals surface area contributed by atoms with Crippen LogP contribution in [0, 0.1) is 0 Å². The highest BCUT2D eigenvalue weighted by Gasteiger charge is 2.23. The molecule has 0 spiro atoms.